The van der Waals surface area contributed by atoms with Gasteiger partial charge in [0.05, 0.1) is 6.61 Å². The second-order valence-electron chi connectivity index (χ2n) is 4.33. The molecule has 0 unspecified atom stereocenters. The van der Waals surface area contributed by atoms with Crippen molar-refractivity contribution in [2.24, 2.45) is 0 Å². The van der Waals surface area contributed by atoms with Gasteiger partial charge in [0.15, 0.2) is 4.87 Å². The Balaban J connectivity index is 2.99. The van der Waals surface area contributed by atoms with Gasteiger partial charge in [-0.25, -0.2) is 4.79 Å². The van der Waals surface area contributed by atoms with Crippen LogP contribution in [0.3, 0.4) is 0 Å². The number of carbonyl (C=O) groups excluding carboxylic acids is 1. The lowest BCUT2D eigenvalue weighted by atomic mass is 10.0. The van der Waals surface area contributed by atoms with E-state index in [2.05, 4.69) is 17.9 Å². The summed E-state index contributed by atoms with van der Waals surface area (Å²) in [5.74, 6) is -1.25. The minimum Gasteiger partial charge on any atom is -0.480 e. The predicted octanol–water partition coefficient (Wildman–Crippen LogP) is 0.744. The van der Waals surface area contributed by atoms with Crippen molar-refractivity contribution in [3.8, 4) is 0 Å². The minimum absolute atomic E-state index is 0.184. The molecule has 98 valence electrons. The number of esters is 1. The molecule has 1 aliphatic rings. The van der Waals surface area contributed by atoms with Gasteiger partial charge < -0.3 is 9.84 Å². The first-order chi connectivity index (χ1) is 7.79. The SMILES string of the molecule is CCOC(=O)[C@]1(CS)N[C@H](C(=O)O)C(C)(C)S1. The summed E-state index contributed by atoms with van der Waals surface area (Å²) in [6.07, 6.45) is 0. The van der Waals surface area contributed by atoms with E-state index in [0.717, 1.165) is 0 Å². The zero-order valence-corrected chi connectivity index (χ0v) is 11.7. The fourth-order valence-corrected chi connectivity index (χ4v) is 3.77. The molecule has 1 saturated heterocycles. The quantitative estimate of drug-likeness (QED) is 0.521. The molecule has 0 aromatic rings. The molecule has 0 aromatic heterocycles. The highest BCUT2D eigenvalue weighted by molar-refractivity contribution is 8.03. The first-order valence-corrected chi connectivity index (χ1v) is 6.72. The first-order valence-electron chi connectivity index (χ1n) is 5.28. The topological polar surface area (TPSA) is 75.6 Å². The molecule has 5 nitrogen and oxygen atoms in total. The molecule has 0 aromatic carbocycles. The van der Waals surface area contributed by atoms with E-state index in [-0.39, 0.29) is 12.4 Å². The molecule has 2 N–H and O–H groups in total. The van der Waals surface area contributed by atoms with Gasteiger partial charge in [-0.05, 0) is 20.8 Å². The molecule has 0 radical (unpaired) electrons. The van der Waals surface area contributed by atoms with Crippen molar-refractivity contribution in [3.63, 3.8) is 0 Å². The van der Waals surface area contributed by atoms with Crippen molar-refractivity contribution in [3.05, 3.63) is 0 Å². The Labute approximate surface area is 110 Å². The average Bonchev–Trinajstić information content (AvgIpc) is 2.51. The first kappa shape index (κ1) is 14.7. The fourth-order valence-electron chi connectivity index (χ4n) is 1.79. The number of rotatable bonds is 4. The Morgan fingerprint density at radius 1 is 1.53 bits per heavy atom. The summed E-state index contributed by atoms with van der Waals surface area (Å²) in [7, 11) is 0. The number of hydrogen-bond donors (Lipinski definition) is 3. The Bertz CT molecular complexity index is 334. The normalized spacial score (nSPS) is 31.2. The maximum atomic E-state index is 11.9. The maximum absolute atomic E-state index is 11.9. The van der Waals surface area contributed by atoms with Crippen LogP contribution in [-0.4, -0.2) is 45.1 Å². The van der Waals surface area contributed by atoms with Crippen molar-refractivity contribution in [1.82, 2.24) is 5.32 Å². The summed E-state index contributed by atoms with van der Waals surface area (Å²) in [6.45, 7) is 5.54. The molecule has 7 heteroatoms. The molecule has 0 spiro atoms. The Morgan fingerprint density at radius 3 is 2.47 bits per heavy atom. The molecule has 0 saturated carbocycles. The molecule has 0 aliphatic carbocycles. The van der Waals surface area contributed by atoms with E-state index in [9.17, 15) is 9.59 Å². The van der Waals surface area contributed by atoms with Crippen molar-refractivity contribution in [2.45, 2.75) is 36.4 Å². The number of aliphatic carboxylic acids is 1. The average molecular weight is 279 g/mol. The zero-order chi connectivity index (χ0) is 13.3. The molecule has 1 aliphatic heterocycles. The van der Waals surface area contributed by atoms with Gasteiger partial charge in [0, 0.05) is 10.5 Å². The van der Waals surface area contributed by atoms with Gasteiger partial charge >= 0.3 is 11.9 Å². The zero-order valence-electron chi connectivity index (χ0n) is 10.0. The van der Waals surface area contributed by atoms with Crippen LogP contribution < -0.4 is 5.32 Å². The highest BCUT2D eigenvalue weighted by atomic mass is 32.2. The van der Waals surface area contributed by atoms with E-state index in [4.69, 9.17) is 9.84 Å². The summed E-state index contributed by atoms with van der Waals surface area (Å²) < 4.78 is 4.38. The van der Waals surface area contributed by atoms with Crippen molar-refractivity contribution < 1.29 is 19.4 Å². The lowest BCUT2D eigenvalue weighted by Gasteiger charge is -2.25. The number of carboxylic acid groups (broad SMARTS) is 1. The number of ether oxygens (including phenoxy) is 1. The van der Waals surface area contributed by atoms with Crippen LogP contribution >= 0.6 is 24.4 Å². The van der Waals surface area contributed by atoms with E-state index in [1.807, 2.05) is 0 Å². The Kier molecular flexibility index (Phi) is 4.38. The number of thiol groups is 1. The van der Waals surface area contributed by atoms with E-state index in [0.29, 0.717) is 0 Å². The summed E-state index contributed by atoms with van der Waals surface area (Å²) in [6, 6.07) is -0.802. The second kappa shape index (κ2) is 5.07. The summed E-state index contributed by atoms with van der Waals surface area (Å²) in [5, 5.41) is 12.0. The van der Waals surface area contributed by atoms with E-state index in [1.165, 1.54) is 11.8 Å². The van der Waals surface area contributed by atoms with Crippen LogP contribution in [0.25, 0.3) is 0 Å². The molecular weight excluding hydrogens is 262 g/mol. The van der Waals surface area contributed by atoms with Crippen molar-refractivity contribution in [1.29, 1.82) is 0 Å². The monoisotopic (exact) mass is 279 g/mol. The van der Waals surface area contributed by atoms with Gasteiger partial charge in [-0.2, -0.15) is 12.6 Å². The van der Waals surface area contributed by atoms with Crippen molar-refractivity contribution >= 4 is 36.3 Å². The molecule has 1 rings (SSSR count). The summed E-state index contributed by atoms with van der Waals surface area (Å²) in [4.78, 5) is 22.0. The van der Waals surface area contributed by atoms with Crippen molar-refractivity contribution in [2.75, 3.05) is 12.4 Å². The fraction of sp³-hybridized carbons (Fsp3) is 0.800. The molecule has 0 amide bonds. The third-order valence-corrected chi connectivity index (χ3v) is 4.81. The van der Waals surface area contributed by atoms with Gasteiger partial charge in [-0.3, -0.25) is 10.1 Å². The van der Waals surface area contributed by atoms with Crippen LogP contribution in [-0.2, 0) is 14.3 Å². The van der Waals surface area contributed by atoms with Crippen LogP contribution in [0.5, 0.6) is 0 Å². The van der Waals surface area contributed by atoms with Crippen LogP contribution in [0, 0.1) is 0 Å². The molecule has 17 heavy (non-hydrogen) atoms. The van der Waals surface area contributed by atoms with Crippen LogP contribution in [0.15, 0.2) is 0 Å². The molecule has 1 fully saturated rings. The lowest BCUT2D eigenvalue weighted by molar-refractivity contribution is -0.147. The number of hydrogen-bond acceptors (Lipinski definition) is 6. The van der Waals surface area contributed by atoms with Crippen LogP contribution in [0.2, 0.25) is 0 Å². The Hall–Kier alpha value is -0.400. The van der Waals surface area contributed by atoms with Gasteiger partial charge in [-0.1, -0.05) is 0 Å². The maximum Gasteiger partial charge on any atom is 0.337 e. The van der Waals surface area contributed by atoms with E-state index < -0.39 is 27.6 Å². The molecule has 1 heterocycles. The number of carbonyl (C=O) groups is 2. The smallest absolute Gasteiger partial charge is 0.337 e. The van der Waals surface area contributed by atoms with Crippen LogP contribution in [0.1, 0.15) is 20.8 Å². The van der Waals surface area contributed by atoms with Gasteiger partial charge in [-0.15, -0.1) is 11.8 Å². The third-order valence-electron chi connectivity index (χ3n) is 2.58. The number of thioether (sulfide) groups is 1. The van der Waals surface area contributed by atoms with E-state index in [1.54, 1.807) is 20.8 Å². The highest BCUT2D eigenvalue weighted by Crippen LogP contribution is 2.45. The standard InChI is InChI=1S/C10H17NO4S2/c1-4-15-8(14)10(5-16)11-6(7(12)13)9(2,3)17-10/h6,11,16H,4-5H2,1-3H3,(H,12,13)/t6-,10-/m1/s1. The summed E-state index contributed by atoms with van der Waals surface area (Å²) >= 11 is 5.40. The molecule has 0 bridgehead atoms. The number of carboxylic acids is 1. The highest BCUT2D eigenvalue weighted by Gasteiger charge is 2.57. The minimum atomic E-state index is -1.08. The Morgan fingerprint density at radius 2 is 2.12 bits per heavy atom. The van der Waals surface area contributed by atoms with Gasteiger partial charge in [0.1, 0.15) is 6.04 Å². The largest absolute Gasteiger partial charge is 0.480 e. The van der Waals surface area contributed by atoms with E-state index >= 15 is 0 Å². The predicted molar refractivity (Wildman–Crippen MR) is 69.4 cm³/mol. The summed E-state index contributed by atoms with van der Waals surface area (Å²) in [5.41, 5.74) is 0. The lowest BCUT2D eigenvalue weighted by Crippen LogP contribution is -2.53. The number of nitrogens with one attached hydrogen (secondary N) is 1. The molecule has 2 atom stereocenters. The molecular formula is C10H17NO4S2. The van der Waals surface area contributed by atoms with Gasteiger partial charge in [0.2, 0.25) is 0 Å². The van der Waals surface area contributed by atoms with Crippen LogP contribution in [0.4, 0.5) is 0 Å². The second-order valence-corrected chi connectivity index (χ2v) is 6.60. The third kappa shape index (κ3) is 2.71. The van der Waals surface area contributed by atoms with Gasteiger partial charge in [0.25, 0.3) is 0 Å².